The number of para-hydroxylation sites is 1. The fraction of sp³-hybridized carbons (Fsp3) is 0.600. The molecule has 98 valence electrons. The minimum atomic E-state index is 0.256. The Morgan fingerprint density at radius 3 is 2.78 bits per heavy atom. The van der Waals surface area contributed by atoms with Gasteiger partial charge < -0.3 is 15.4 Å². The van der Waals surface area contributed by atoms with Crippen molar-refractivity contribution in [3.05, 3.63) is 18.2 Å². The largest absolute Gasteiger partial charge is 0.495 e. The molecule has 1 saturated carbocycles. The Labute approximate surface area is 109 Å². The minimum absolute atomic E-state index is 0.256. The number of nitrogens with one attached hydrogen (secondary N) is 2. The highest BCUT2D eigenvalue weighted by molar-refractivity contribution is 5.78. The smallest absolute Gasteiger partial charge is 0.144 e. The summed E-state index contributed by atoms with van der Waals surface area (Å²) in [6.07, 6.45) is 5.18. The van der Waals surface area contributed by atoms with E-state index in [2.05, 4.69) is 29.7 Å². The molecule has 1 aliphatic heterocycles. The van der Waals surface area contributed by atoms with Crippen LogP contribution in [0, 0.1) is 5.92 Å². The zero-order chi connectivity index (χ0) is 12.6. The molecule has 1 aromatic rings. The fourth-order valence-corrected chi connectivity index (χ4v) is 3.19. The monoisotopic (exact) mass is 246 g/mol. The average Bonchev–Trinajstić information content (AvgIpc) is 2.41. The summed E-state index contributed by atoms with van der Waals surface area (Å²) in [5, 5.41) is 7.34. The Kier molecular flexibility index (Phi) is 2.84. The van der Waals surface area contributed by atoms with Gasteiger partial charge in [-0.25, -0.2) is 0 Å². The summed E-state index contributed by atoms with van der Waals surface area (Å²) in [5.74, 6) is 1.81. The molecule has 0 radical (unpaired) electrons. The van der Waals surface area contributed by atoms with E-state index in [4.69, 9.17) is 4.74 Å². The van der Waals surface area contributed by atoms with Crippen molar-refractivity contribution < 1.29 is 4.74 Å². The number of fused-ring (bicyclic) bond motifs is 1. The van der Waals surface area contributed by atoms with Crippen LogP contribution in [0.5, 0.6) is 5.75 Å². The van der Waals surface area contributed by atoms with Crippen LogP contribution in [0.1, 0.15) is 32.6 Å². The second kappa shape index (κ2) is 4.38. The first kappa shape index (κ1) is 11.7. The average molecular weight is 246 g/mol. The number of hydrogen-bond acceptors (Lipinski definition) is 3. The van der Waals surface area contributed by atoms with Crippen molar-refractivity contribution >= 4 is 11.4 Å². The zero-order valence-electron chi connectivity index (χ0n) is 11.3. The van der Waals surface area contributed by atoms with Gasteiger partial charge in [0.05, 0.1) is 18.3 Å². The van der Waals surface area contributed by atoms with Crippen LogP contribution in [0.3, 0.4) is 0 Å². The van der Waals surface area contributed by atoms with E-state index in [-0.39, 0.29) is 5.54 Å². The highest BCUT2D eigenvalue weighted by atomic mass is 16.5. The number of hydrogen-bond donors (Lipinski definition) is 2. The predicted molar refractivity (Wildman–Crippen MR) is 75.5 cm³/mol. The lowest BCUT2D eigenvalue weighted by Gasteiger charge is -2.44. The van der Waals surface area contributed by atoms with Crippen LogP contribution in [0.25, 0.3) is 0 Å². The maximum absolute atomic E-state index is 5.40. The molecule has 0 unspecified atom stereocenters. The highest BCUT2D eigenvalue weighted by Crippen LogP contribution is 2.42. The minimum Gasteiger partial charge on any atom is -0.495 e. The van der Waals surface area contributed by atoms with Gasteiger partial charge in [-0.3, -0.25) is 0 Å². The van der Waals surface area contributed by atoms with E-state index >= 15 is 0 Å². The predicted octanol–water partition coefficient (Wildman–Crippen LogP) is 3.48. The van der Waals surface area contributed by atoms with Gasteiger partial charge in [-0.2, -0.15) is 0 Å². The molecule has 2 N–H and O–H groups in total. The molecule has 1 fully saturated rings. The van der Waals surface area contributed by atoms with E-state index in [1.165, 1.54) is 31.4 Å². The zero-order valence-corrected chi connectivity index (χ0v) is 11.3. The lowest BCUT2D eigenvalue weighted by Crippen LogP contribution is -2.50. The summed E-state index contributed by atoms with van der Waals surface area (Å²) in [4.78, 5) is 0. The van der Waals surface area contributed by atoms with Gasteiger partial charge in [-0.1, -0.05) is 13.0 Å². The van der Waals surface area contributed by atoms with Gasteiger partial charge in [0, 0.05) is 6.54 Å². The number of ether oxygens (including phenoxy) is 1. The summed E-state index contributed by atoms with van der Waals surface area (Å²) >= 11 is 0. The van der Waals surface area contributed by atoms with Crippen LogP contribution < -0.4 is 15.4 Å². The number of benzene rings is 1. The van der Waals surface area contributed by atoms with Crippen molar-refractivity contribution in [1.82, 2.24) is 0 Å². The molecule has 2 aliphatic rings. The number of rotatable bonds is 1. The fourth-order valence-electron chi connectivity index (χ4n) is 3.19. The third-order valence-electron chi connectivity index (χ3n) is 4.48. The van der Waals surface area contributed by atoms with E-state index in [0.717, 1.165) is 23.9 Å². The molecule has 1 spiro atoms. The van der Waals surface area contributed by atoms with E-state index in [0.29, 0.717) is 0 Å². The molecule has 3 heteroatoms. The van der Waals surface area contributed by atoms with Crippen molar-refractivity contribution in [3.63, 3.8) is 0 Å². The van der Waals surface area contributed by atoms with Crippen LogP contribution >= 0.6 is 0 Å². The van der Waals surface area contributed by atoms with Gasteiger partial charge >= 0.3 is 0 Å². The molecule has 0 amide bonds. The van der Waals surface area contributed by atoms with Crippen LogP contribution in [0.4, 0.5) is 11.4 Å². The molecule has 18 heavy (non-hydrogen) atoms. The molecule has 0 aromatic heterocycles. The quantitative estimate of drug-likeness (QED) is 0.796. The second-order valence-electron chi connectivity index (χ2n) is 5.82. The third-order valence-corrected chi connectivity index (χ3v) is 4.48. The van der Waals surface area contributed by atoms with Gasteiger partial charge in [0.15, 0.2) is 0 Å². The van der Waals surface area contributed by atoms with E-state index < -0.39 is 0 Å². The van der Waals surface area contributed by atoms with Crippen molar-refractivity contribution in [1.29, 1.82) is 0 Å². The van der Waals surface area contributed by atoms with E-state index in [1.54, 1.807) is 7.11 Å². The molecular weight excluding hydrogens is 224 g/mol. The van der Waals surface area contributed by atoms with E-state index in [1.807, 2.05) is 6.07 Å². The SMILES string of the molecule is COc1cccc2c1NCC1(CCC(C)CC1)N2. The first-order chi connectivity index (χ1) is 8.72. The maximum Gasteiger partial charge on any atom is 0.144 e. The van der Waals surface area contributed by atoms with Gasteiger partial charge in [-0.15, -0.1) is 0 Å². The molecule has 0 saturated heterocycles. The number of methoxy groups -OCH3 is 1. The Balaban J connectivity index is 1.85. The van der Waals surface area contributed by atoms with Gasteiger partial charge in [0.1, 0.15) is 11.4 Å². The van der Waals surface area contributed by atoms with Crippen molar-refractivity contribution in [2.45, 2.75) is 38.1 Å². The summed E-state index contributed by atoms with van der Waals surface area (Å²) < 4.78 is 5.40. The molecule has 1 aliphatic carbocycles. The lowest BCUT2D eigenvalue weighted by molar-refractivity contribution is 0.273. The van der Waals surface area contributed by atoms with Gasteiger partial charge in [0.2, 0.25) is 0 Å². The molecule has 0 atom stereocenters. The molecule has 0 bridgehead atoms. The lowest BCUT2D eigenvalue weighted by atomic mass is 9.76. The molecule has 1 heterocycles. The summed E-state index contributed by atoms with van der Waals surface area (Å²) in [6, 6.07) is 6.20. The highest BCUT2D eigenvalue weighted by Gasteiger charge is 2.37. The first-order valence-electron chi connectivity index (χ1n) is 6.91. The van der Waals surface area contributed by atoms with Crippen molar-refractivity contribution in [3.8, 4) is 5.75 Å². The molecule has 3 rings (SSSR count). The van der Waals surface area contributed by atoms with Gasteiger partial charge in [-0.05, 0) is 43.7 Å². The van der Waals surface area contributed by atoms with Crippen LogP contribution in [0.2, 0.25) is 0 Å². The molecular formula is C15H22N2O. The first-order valence-corrected chi connectivity index (χ1v) is 6.91. The molecule has 1 aromatic carbocycles. The standard InChI is InChI=1S/C15H22N2O/c1-11-6-8-15(9-7-11)10-16-14-12(17-15)4-3-5-13(14)18-2/h3-5,11,16-17H,6-10H2,1-2H3. The number of anilines is 2. The Morgan fingerprint density at radius 1 is 1.28 bits per heavy atom. The second-order valence-corrected chi connectivity index (χ2v) is 5.82. The van der Waals surface area contributed by atoms with Gasteiger partial charge in [0.25, 0.3) is 0 Å². The molecule has 3 nitrogen and oxygen atoms in total. The summed E-state index contributed by atoms with van der Waals surface area (Å²) in [5.41, 5.74) is 2.56. The Hall–Kier alpha value is -1.38. The van der Waals surface area contributed by atoms with Crippen LogP contribution in [0.15, 0.2) is 18.2 Å². The Morgan fingerprint density at radius 2 is 2.06 bits per heavy atom. The van der Waals surface area contributed by atoms with E-state index in [9.17, 15) is 0 Å². The van der Waals surface area contributed by atoms with Crippen LogP contribution in [-0.2, 0) is 0 Å². The van der Waals surface area contributed by atoms with Crippen molar-refractivity contribution in [2.24, 2.45) is 5.92 Å². The normalized spacial score (nSPS) is 30.2. The Bertz CT molecular complexity index is 436. The third kappa shape index (κ3) is 1.92. The van der Waals surface area contributed by atoms with Crippen LogP contribution in [-0.4, -0.2) is 19.2 Å². The maximum atomic E-state index is 5.40. The summed E-state index contributed by atoms with van der Waals surface area (Å²) in [7, 11) is 1.73. The van der Waals surface area contributed by atoms with Crippen molar-refractivity contribution in [2.75, 3.05) is 24.3 Å². The topological polar surface area (TPSA) is 33.3 Å². The summed E-state index contributed by atoms with van der Waals surface area (Å²) in [6.45, 7) is 3.37.